The van der Waals surface area contributed by atoms with Crippen molar-refractivity contribution in [2.24, 2.45) is 0 Å². The van der Waals surface area contributed by atoms with Gasteiger partial charge >= 0.3 is 5.97 Å². The van der Waals surface area contributed by atoms with Gasteiger partial charge in [0.2, 0.25) is 5.88 Å². The molecule has 0 fully saturated rings. The Hall–Kier alpha value is -1.23. The number of carbonyl (C=O) groups excluding carboxylic acids is 1. The van der Waals surface area contributed by atoms with Crippen LogP contribution in [0, 0.1) is 6.92 Å². The van der Waals surface area contributed by atoms with E-state index in [-0.39, 0.29) is 12.1 Å². The molecule has 1 aromatic rings. The summed E-state index contributed by atoms with van der Waals surface area (Å²) in [7, 11) is 1.60. The minimum Gasteiger partial charge on any atom is -0.481 e. The smallest absolute Gasteiger partial charge is 0.306 e. The lowest BCUT2D eigenvalue weighted by molar-refractivity contribution is -0.149. The van der Waals surface area contributed by atoms with E-state index in [0.29, 0.717) is 18.1 Å². The van der Waals surface area contributed by atoms with Crippen molar-refractivity contribution < 1.29 is 14.3 Å². The first-order valence-electron chi connectivity index (χ1n) is 7.93. The number of esters is 1. The Morgan fingerprint density at radius 1 is 1.41 bits per heavy atom. The van der Waals surface area contributed by atoms with Crippen molar-refractivity contribution in [2.75, 3.05) is 12.9 Å². The molecule has 1 heterocycles. The van der Waals surface area contributed by atoms with Gasteiger partial charge in [0, 0.05) is 22.9 Å². The van der Waals surface area contributed by atoms with E-state index in [1.54, 1.807) is 25.1 Å². The monoisotopic (exact) mass is 325 g/mol. The van der Waals surface area contributed by atoms with Crippen LogP contribution in [0.4, 0.5) is 0 Å². The maximum Gasteiger partial charge on any atom is 0.306 e. The second kappa shape index (κ2) is 10.5. The van der Waals surface area contributed by atoms with Crippen LogP contribution in [0.25, 0.3) is 0 Å². The van der Waals surface area contributed by atoms with Crippen LogP contribution in [0.2, 0.25) is 0 Å². The van der Waals surface area contributed by atoms with E-state index in [1.807, 2.05) is 13.0 Å². The molecule has 22 heavy (non-hydrogen) atoms. The Morgan fingerprint density at radius 3 is 2.77 bits per heavy atom. The van der Waals surface area contributed by atoms with Gasteiger partial charge in [0.15, 0.2) is 0 Å². The molecule has 0 aliphatic heterocycles. The summed E-state index contributed by atoms with van der Waals surface area (Å²) in [6.07, 6.45) is 6.39. The average Bonchev–Trinajstić information content (AvgIpc) is 2.52. The Bertz CT molecular complexity index is 465. The highest BCUT2D eigenvalue weighted by atomic mass is 32.2. The average molecular weight is 325 g/mol. The SMILES string of the molecule is CCCCC(CC)OC(=O)CCSc1cnc(OC)cc1C. The number of aromatic nitrogens is 1. The Morgan fingerprint density at radius 2 is 2.18 bits per heavy atom. The topological polar surface area (TPSA) is 48.4 Å². The quantitative estimate of drug-likeness (QED) is 0.471. The molecule has 0 aliphatic rings. The molecule has 5 heteroatoms. The molecule has 1 unspecified atom stereocenters. The van der Waals surface area contributed by atoms with E-state index < -0.39 is 0 Å². The standard InChI is InChI=1S/C17H27NO3S/c1-5-7-8-14(6-2)21-17(19)9-10-22-15-12-18-16(20-4)11-13(15)3/h11-12,14H,5-10H2,1-4H3. The second-order valence-electron chi connectivity index (χ2n) is 5.25. The number of methoxy groups -OCH3 is 1. The van der Waals surface area contributed by atoms with Gasteiger partial charge in [-0.2, -0.15) is 0 Å². The van der Waals surface area contributed by atoms with Gasteiger partial charge in [-0.15, -0.1) is 11.8 Å². The largest absolute Gasteiger partial charge is 0.481 e. The number of carbonyl (C=O) groups is 1. The highest BCUT2D eigenvalue weighted by Crippen LogP contribution is 2.24. The number of unbranched alkanes of at least 4 members (excludes halogenated alkanes) is 1. The normalized spacial score (nSPS) is 12.0. The van der Waals surface area contributed by atoms with E-state index in [0.717, 1.165) is 36.1 Å². The Labute approximate surface area is 138 Å². The molecule has 0 N–H and O–H groups in total. The lowest BCUT2D eigenvalue weighted by Gasteiger charge is -2.15. The molecule has 0 saturated heterocycles. The van der Waals surface area contributed by atoms with Crippen LogP contribution in [0.15, 0.2) is 17.2 Å². The van der Waals surface area contributed by atoms with Crippen molar-refractivity contribution in [1.82, 2.24) is 4.98 Å². The molecule has 0 bridgehead atoms. The van der Waals surface area contributed by atoms with E-state index in [4.69, 9.17) is 9.47 Å². The molecule has 4 nitrogen and oxygen atoms in total. The van der Waals surface area contributed by atoms with Crippen LogP contribution in [-0.4, -0.2) is 29.9 Å². The van der Waals surface area contributed by atoms with Crippen molar-refractivity contribution in [3.8, 4) is 5.88 Å². The van der Waals surface area contributed by atoms with Crippen molar-refractivity contribution in [3.63, 3.8) is 0 Å². The van der Waals surface area contributed by atoms with Crippen molar-refractivity contribution in [3.05, 3.63) is 17.8 Å². The van der Waals surface area contributed by atoms with Gasteiger partial charge in [-0.25, -0.2) is 4.98 Å². The summed E-state index contributed by atoms with van der Waals surface area (Å²) in [6, 6.07) is 1.90. The first-order chi connectivity index (χ1) is 10.6. The molecule has 0 aromatic carbocycles. The van der Waals surface area contributed by atoms with Gasteiger partial charge in [0.25, 0.3) is 0 Å². The maximum atomic E-state index is 11.9. The Kier molecular flexibility index (Phi) is 8.97. The predicted molar refractivity (Wildman–Crippen MR) is 90.6 cm³/mol. The van der Waals surface area contributed by atoms with Gasteiger partial charge in [0.1, 0.15) is 6.10 Å². The number of hydrogen-bond donors (Lipinski definition) is 0. The first-order valence-corrected chi connectivity index (χ1v) is 8.92. The molecule has 0 saturated carbocycles. The van der Waals surface area contributed by atoms with Gasteiger partial charge in [-0.3, -0.25) is 4.79 Å². The van der Waals surface area contributed by atoms with Crippen molar-refractivity contribution in [1.29, 1.82) is 0 Å². The molecule has 124 valence electrons. The summed E-state index contributed by atoms with van der Waals surface area (Å²) in [5.74, 6) is 1.22. The number of aryl methyl sites for hydroxylation is 1. The summed E-state index contributed by atoms with van der Waals surface area (Å²) in [5, 5.41) is 0. The van der Waals surface area contributed by atoms with Gasteiger partial charge in [-0.05, 0) is 25.3 Å². The summed E-state index contributed by atoms with van der Waals surface area (Å²) >= 11 is 1.63. The molecule has 1 rings (SSSR count). The number of hydrogen-bond acceptors (Lipinski definition) is 5. The zero-order valence-electron chi connectivity index (χ0n) is 14.1. The fourth-order valence-electron chi connectivity index (χ4n) is 2.05. The highest BCUT2D eigenvalue weighted by Gasteiger charge is 2.12. The molecule has 0 aliphatic carbocycles. The third-order valence-corrected chi connectivity index (χ3v) is 4.59. The summed E-state index contributed by atoms with van der Waals surface area (Å²) < 4.78 is 10.6. The molecular formula is C17H27NO3S. The van der Waals surface area contributed by atoms with Gasteiger partial charge < -0.3 is 9.47 Å². The van der Waals surface area contributed by atoms with Crippen molar-refractivity contribution >= 4 is 17.7 Å². The zero-order chi connectivity index (χ0) is 16.4. The predicted octanol–water partition coefficient (Wildman–Crippen LogP) is 4.39. The van der Waals surface area contributed by atoms with Crippen LogP contribution < -0.4 is 4.74 Å². The van der Waals surface area contributed by atoms with Gasteiger partial charge in [-0.1, -0.05) is 26.7 Å². The number of ether oxygens (including phenoxy) is 2. The number of nitrogens with zero attached hydrogens (tertiary/aromatic N) is 1. The minimum absolute atomic E-state index is 0.0711. The first kappa shape index (κ1) is 18.8. The molecule has 0 amide bonds. The zero-order valence-corrected chi connectivity index (χ0v) is 14.9. The number of rotatable bonds is 10. The fraction of sp³-hybridized carbons (Fsp3) is 0.647. The molecule has 1 atom stereocenters. The molecule has 1 aromatic heterocycles. The fourth-order valence-corrected chi connectivity index (χ4v) is 2.95. The summed E-state index contributed by atoms with van der Waals surface area (Å²) in [5.41, 5.74) is 1.11. The van der Waals surface area contributed by atoms with Crippen LogP contribution >= 0.6 is 11.8 Å². The number of thioether (sulfide) groups is 1. The lowest BCUT2D eigenvalue weighted by Crippen LogP contribution is -2.17. The Balaban J connectivity index is 2.35. The molecular weight excluding hydrogens is 298 g/mol. The maximum absolute atomic E-state index is 11.9. The van der Waals surface area contributed by atoms with Crippen molar-refractivity contribution in [2.45, 2.75) is 63.9 Å². The molecule has 0 radical (unpaired) electrons. The van der Waals surface area contributed by atoms with Crippen LogP contribution in [0.5, 0.6) is 5.88 Å². The lowest BCUT2D eigenvalue weighted by atomic mass is 10.1. The van der Waals surface area contributed by atoms with E-state index >= 15 is 0 Å². The van der Waals surface area contributed by atoms with E-state index in [1.165, 1.54) is 0 Å². The van der Waals surface area contributed by atoms with Crippen LogP contribution in [-0.2, 0) is 9.53 Å². The minimum atomic E-state index is -0.102. The third-order valence-electron chi connectivity index (χ3n) is 3.44. The highest BCUT2D eigenvalue weighted by molar-refractivity contribution is 7.99. The molecule has 0 spiro atoms. The van der Waals surface area contributed by atoms with E-state index in [9.17, 15) is 4.79 Å². The third kappa shape index (κ3) is 6.69. The van der Waals surface area contributed by atoms with Gasteiger partial charge in [0.05, 0.1) is 13.5 Å². The summed E-state index contributed by atoms with van der Waals surface area (Å²) in [6.45, 7) is 6.23. The summed E-state index contributed by atoms with van der Waals surface area (Å²) in [4.78, 5) is 17.1. The second-order valence-corrected chi connectivity index (χ2v) is 6.39. The number of pyridine rings is 1. The van der Waals surface area contributed by atoms with Crippen LogP contribution in [0.1, 0.15) is 51.5 Å². The van der Waals surface area contributed by atoms with Crippen LogP contribution in [0.3, 0.4) is 0 Å². The van der Waals surface area contributed by atoms with E-state index in [2.05, 4.69) is 18.8 Å².